The van der Waals surface area contributed by atoms with Gasteiger partial charge in [0.05, 0.1) is 0 Å². The summed E-state index contributed by atoms with van der Waals surface area (Å²) in [7, 11) is 0. The number of aryl methyl sites for hydroxylation is 1. The van der Waals surface area contributed by atoms with Gasteiger partial charge in [0.25, 0.3) is 0 Å². The second-order valence-corrected chi connectivity index (χ2v) is 10.3. The predicted molar refractivity (Wildman–Crippen MR) is 138 cm³/mol. The van der Waals surface area contributed by atoms with Crippen molar-refractivity contribution in [2.24, 2.45) is 0 Å². The van der Waals surface area contributed by atoms with E-state index >= 15 is 0 Å². The molecule has 0 heterocycles. The molecular formula is C25H44CaOS2. The summed E-state index contributed by atoms with van der Waals surface area (Å²) >= 11 is 4.02. The summed E-state index contributed by atoms with van der Waals surface area (Å²) < 4.78 is 0. The number of aromatic hydroxyl groups is 1. The second kappa shape index (κ2) is 20.9. The van der Waals surface area contributed by atoms with Crippen LogP contribution in [0.25, 0.3) is 0 Å². The first-order valence-electron chi connectivity index (χ1n) is 11.7. The zero-order chi connectivity index (χ0) is 20.5. The second-order valence-electron chi connectivity index (χ2n) is 8.06. The van der Waals surface area contributed by atoms with E-state index in [9.17, 15) is 5.11 Å². The molecule has 29 heavy (non-hydrogen) atoms. The maximum Gasteiger partial charge on any atom is 0.122 e. The van der Waals surface area contributed by atoms with E-state index in [1.807, 2.05) is 30.4 Å². The summed E-state index contributed by atoms with van der Waals surface area (Å²) in [6.07, 6.45) is 16.4. The van der Waals surface area contributed by atoms with Crippen molar-refractivity contribution in [1.82, 2.24) is 0 Å². The first-order valence-corrected chi connectivity index (χ1v) is 14.0. The molecule has 0 saturated heterocycles. The minimum Gasteiger partial charge on any atom is -0.507 e. The van der Waals surface area contributed by atoms with Crippen molar-refractivity contribution in [2.75, 3.05) is 11.5 Å². The average Bonchev–Trinajstić information content (AvgIpc) is 2.69. The minimum absolute atomic E-state index is 0. The topological polar surface area (TPSA) is 20.2 Å². The minimum atomic E-state index is 0. The van der Waals surface area contributed by atoms with Crippen LogP contribution in [-0.2, 0) is 11.5 Å². The number of hydrogen-bond donors (Lipinski definition) is 1. The fraction of sp³-hybridized carbons (Fsp3) is 0.760. The van der Waals surface area contributed by atoms with Crippen LogP contribution in [0.2, 0.25) is 0 Å². The van der Waals surface area contributed by atoms with Gasteiger partial charge in [-0.3, -0.25) is 0 Å². The largest absolute Gasteiger partial charge is 0.507 e. The molecule has 4 heteroatoms. The Morgan fingerprint density at radius 1 is 0.690 bits per heavy atom. The Morgan fingerprint density at radius 2 is 1.17 bits per heavy atom. The SMILES string of the molecule is CCCCCCCCSCc1cc(C)c(O)c(CSCCCCCCCC)c1.[Ca]. The zero-order valence-electron chi connectivity index (χ0n) is 19.4. The van der Waals surface area contributed by atoms with E-state index in [-0.39, 0.29) is 37.7 Å². The molecular weight excluding hydrogens is 420 g/mol. The van der Waals surface area contributed by atoms with Crippen LogP contribution in [-0.4, -0.2) is 54.4 Å². The Kier molecular flexibility index (Phi) is 21.6. The summed E-state index contributed by atoms with van der Waals surface area (Å²) in [6.45, 7) is 6.58. The third kappa shape index (κ3) is 15.4. The third-order valence-electron chi connectivity index (χ3n) is 5.25. The summed E-state index contributed by atoms with van der Waals surface area (Å²) in [5, 5.41) is 10.4. The Bertz CT molecular complexity index is 508. The van der Waals surface area contributed by atoms with E-state index < -0.39 is 0 Å². The van der Waals surface area contributed by atoms with Crippen LogP contribution in [0.4, 0.5) is 0 Å². The van der Waals surface area contributed by atoms with Crippen LogP contribution in [0.1, 0.15) is 108 Å². The predicted octanol–water partition coefficient (Wildman–Crippen LogP) is 8.51. The molecule has 0 atom stereocenters. The molecule has 0 aliphatic rings. The van der Waals surface area contributed by atoms with Crippen LogP contribution < -0.4 is 0 Å². The number of rotatable bonds is 18. The fourth-order valence-electron chi connectivity index (χ4n) is 3.47. The Labute approximate surface area is 220 Å². The van der Waals surface area contributed by atoms with Gasteiger partial charge in [0.15, 0.2) is 0 Å². The van der Waals surface area contributed by atoms with Gasteiger partial charge in [0.1, 0.15) is 5.75 Å². The number of phenolic OH excluding ortho intramolecular Hbond substituents is 1. The molecule has 0 bridgehead atoms. The van der Waals surface area contributed by atoms with Crippen molar-refractivity contribution in [3.8, 4) is 5.75 Å². The molecule has 1 aromatic rings. The Hall–Kier alpha value is 0.980. The van der Waals surface area contributed by atoms with E-state index in [0.717, 1.165) is 22.6 Å². The van der Waals surface area contributed by atoms with E-state index in [1.54, 1.807) is 0 Å². The number of benzene rings is 1. The number of hydrogen-bond acceptors (Lipinski definition) is 3. The number of phenols is 1. The molecule has 0 saturated carbocycles. The van der Waals surface area contributed by atoms with Crippen LogP contribution in [0.3, 0.4) is 0 Å². The van der Waals surface area contributed by atoms with Crippen LogP contribution in [0.15, 0.2) is 12.1 Å². The van der Waals surface area contributed by atoms with Crippen molar-refractivity contribution in [3.05, 3.63) is 28.8 Å². The van der Waals surface area contributed by atoms with E-state index in [4.69, 9.17) is 0 Å². The molecule has 0 fully saturated rings. The van der Waals surface area contributed by atoms with Crippen molar-refractivity contribution < 1.29 is 5.11 Å². The molecule has 1 rings (SSSR count). The van der Waals surface area contributed by atoms with E-state index in [1.165, 1.54) is 94.1 Å². The quantitative estimate of drug-likeness (QED) is 0.174. The molecule has 0 amide bonds. The third-order valence-corrected chi connectivity index (χ3v) is 7.46. The molecule has 164 valence electrons. The van der Waals surface area contributed by atoms with Gasteiger partial charge in [0, 0.05) is 54.8 Å². The molecule has 1 N–H and O–H groups in total. The van der Waals surface area contributed by atoms with Gasteiger partial charge in [0.2, 0.25) is 0 Å². The standard InChI is InChI=1S/C25H44OS2.Ca/c1-4-6-8-10-12-14-16-27-20-23-18-22(3)25(26)24(19-23)21-28-17-15-13-11-9-7-5-2;/h18-19,26H,4-17,20-21H2,1-3H3;. The first kappa shape index (κ1) is 30.0. The zero-order valence-corrected chi connectivity index (χ0v) is 23.3. The summed E-state index contributed by atoms with van der Waals surface area (Å²) in [5.41, 5.74) is 3.54. The normalized spacial score (nSPS) is 10.9. The molecule has 0 aliphatic heterocycles. The average molecular weight is 465 g/mol. The van der Waals surface area contributed by atoms with Crippen LogP contribution in [0.5, 0.6) is 5.75 Å². The molecule has 1 aromatic carbocycles. The Morgan fingerprint density at radius 3 is 1.72 bits per heavy atom. The van der Waals surface area contributed by atoms with Gasteiger partial charge in [-0.2, -0.15) is 23.5 Å². The smallest absolute Gasteiger partial charge is 0.122 e. The molecule has 0 unspecified atom stereocenters. The fourth-order valence-corrected chi connectivity index (χ4v) is 5.42. The van der Waals surface area contributed by atoms with Crippen molar-refractivity contribution >= 4 is 61.3 Å². The van der Waals surface area contributed by atoms with Crippen LogP contribution in [0, 0.1) is 6.92 Å². The number of thioether (sulfide) groups is 2. The monoisotopic (exact) mass is 464 g/mol. The van der Waals surface area contributed by atoms with Gasteiger partial charge in [-0.1, -0.05) is 90.2 Å². The first-order chi connectivity index (χ1) is 13.7. The molecule has 2 radical (unpaired) electrons. The molecule has 0 aliphatic carbocycles. The van der Waals surface area contributed by atoms with Crippen molar-refractivity contribution in [2.45, 2.75) is 109 Å². The van der Waals surface area contributed by atoms with E-state index in [0.29, 0.717) is 5.75 Å². The maximum absolute atomic E-state index is 10.4. The molecule has 1 nitrogen and oxygen atoms in total. The maximum atomic E-state index is 10.4. The van der Waals surface area contributed by atoms with Crippen molar-refractivity contribution in [1.29, 1.82) is 0 Å². The molecule has 0 spiro atoms. The van der Waals surface area contributed by atoms with Crippen molar-refractivity contribution in [3.63, 3.8) is 0 Å². The summed E-state index contributed by atoms with van der Waals surface area (Å²) in [5.74, 6) is 5.00. The summed E-state index contributed by atoms with van der Waals surface area (Å²) in [6, 6.07) is 4.41. The van der Waals surface area contributed by atoms with Gasteiger partial charge >= 0.3 is 0 Å². The van der Waals surface area contributed by atoms with Gasteiger partial charge in [-0.25, -0.2) is 0 Å². The molecule has 0 aromatic heterocycles. The van der Waals surface area contributed by atoms with Gasteiger partial charge in [-0.05, 0) is 42.4 Å². The van der Waals surface area contributed by atoms with E-state index in [2.05, 4.69) is 26.0 Å². The summed E-state index contributed by atoms with van der Waals surface area (Å²) in [4.78, 5) is 0. The van der Waals surface area contributed by atoms with Gasteiger partial charge in [-0.15, -0.1) is 0 Å². The Balaban J connectivity index is 0.00000784. The van der Waals surface area contributed by atoms with Crippen LogP contribution >= 0.6 is 23.5 Å². The number of unbranched alkanes of at least 4 members (excludes halogenated alkanes) is 10. The van der Waals surface area contributed by atoms with Gasteiger partial charge < -0.3 is 5.11 Å².